The van der Waals surface area contributed by atoms with Crippen molar-refractivity contribution in [2.75, 3.05) is 11.9 Å². The van der Waals surface area contributed by atoms with Crippen molar-refractivity contribution in [1.29, 1.82) is 0 Å². The third-order valence-electron chi connectivity index (χ3n) is 2.82. The van der Waals surface area contributed by atoms with E-state index < -0.39 is 30.1 Å². The van der Waals surface area contributed by atoms with Crippen LogP contribution in [0.25, 0.3) is 0 Å². The van der Waals surface area contributed by atoms with E-state index in [1.165, 1.54) is 30.3 Å². The van der Waals surface area contributed by atoms with Gasteiger partial charge in [-0.15, -0.1) is 0 Å². The molecule has 7 heteroatoms. The Labute approximate surface area is 129 Å². The Kier molecular flexibility index (Phi) is 5.14. The van der Waals surface area contributed by atoms with Gasteiger partial charge in [0.2, 0.25) is 0 Å². The van der Waals surface area contributed by atoms with Crippen LogP contribution in [0.1, 0.15) is 20.7 Å². The Morgan fingerprint density at radius 2 is 1.74 bits per heavy atom. The predicted octanol–water partition coefficient (Wildman–Crippen LogP) is 2.57. The average molecular weight is 319 g/mol. The Morgan fingerprint density at radius 1 is 1.04 bits per heavy atom. The number of esters is 1. The lowest BCUT2D eigenvalue weighted by Gasteiger charge is -2.07. The summed E-state index contributed by atoms with van der Waals surface area (Å²) in [6.45, 7) is -0.590. The molecule has 0 saturated heterocycles. The number of ether oxygens (including phenoxy) is 1. The molecule has 0 saturated carbocycles. The molecule has 118 valence electrons. The summed E-state index contributed by atoms with van der Waals surface area (Å²) in [5.74, 6) is -3.58. The van der Waals surface area contributed by atoms with Gasteiger partial charge in [-0.05, 0) is 24.3 Å². The van der Waals surface area contributed by atoms with Crippen LogP contribution in [0.5, 0.6) is 0 Å². The second kappa shape index (κ2) is 7.26. The van der Waals surface area contributed by atoms with E-state index in [1.807, 2.05) is 0 Å². The van der Waals surface area contributed by atoms with E-state index in [0.717, 1.165) is 12.1 Å². The maximum Gasteiger partial charge on any atom is 0.338 e. The van der Waals surface area contributed by atoms with Crippen LogP contribution in [0.4, 0.5) is 14.5 Å². The molecule has 0 radical (unpaired) electrons. The molecule has 0 aliphatic heterocycles. The van der Waals surface area contributed by atoms with Gasteiger partial charge in [-0.1, -0.05) is 12.1 Å². The lowest BCUT2D eigenvalue weighted by atomic mass is 10.1. The summed E-state index contributed by atoms with van der Waals surface area (Å²) >= 11 is 0. The Morgan fingerprint density at radius 3 is 2.35 bits per heavy atom. The van der Waals surface area contributed by atoms with Crippen molar-refractivity contribution in [2.45, 2.75) is 0 Å². The molecule has 5 nitrogen and oxygen atoms in total. The first-order valence-electron chi connectivity index (χ1n) is 6.47. The highest BCUT2D eigenvalue weighted by molar-refractivity contribution is 5.95. The maximum atomic E-state index is 13.0. The fourth-order valence-electron chi connectivity index (χ4n) is 1.68. The van der Waals surface area contributed by atoms with E-state index in [9.17, 15) is 23.2 Å². The van der Waals surface area contributed by atoms with Crippen LogP contribution in [-0.4, -0.2) is 24.8 Å². The lowest BCUT2D eigenvalue weighted by molar-refractivity contribution is -0.119. The standard InChI is InChI=1S/C16H11F2NO4/c17-13-6-5-12(7-14(13)18)19-15(21)9-23-16(22)11-3-1-10(8-20)2-4-11/h1-8H,9H2,(H,19,21). The van der Waals surface area contributed by atoms with Gasteiger partial charge in [0, 0.05) is 17.3 Å². The van der Waals surface area contributed by atoms with Gasteiger partial charge < -0.3 is 10.1 Å². The minimum Gasteiger partial charge on any atom is -0.452 e. The van der Waals surface area contributed by atoms with Crippen LogP contribution < -0.4 is 5.32 Å². The maximum absolute atomic E-state index is 13.0. The summed E-state index contributed by atoms with van der Waals surface area (Å²) in [6, 6.07) is 8.50. The number of amides is 1. The first-order valence-corrected chi connectivity index (χ1v) is 6.47. The highest BCUT2D eigenvalue weighted by Gasteiger charge is 2.11. The number of hydrogen-bond acceptors (Lipinski definition) is 4. The van der Waals surface area contributed by atoms with Crippen LogP contribution in [0.3, 0.4) is 0 Å². The Bertz CT molecular complexity index is 744. The third kappa shape index (κ3) is 4.44. The Balaban J connectivity index is 1.88. The van der Waals surface area contributed by atoms with Gasteiger partial charge in [-0.3, -0.25) is 9.59 Å². The zero-order valence-corrected chi connectivity index (χ0v) is 11.7. The molecular weight excluding hydrogens is 308 g/mol. The highest BCUT2D eigenvalue weighted by Crippen LogP contribution is 2.13. The van der Waals surface area contributed by atoms with Gasteiger partial charge in [0.25, 0.3) is 5.91 Å². The number of rotatable bonds is 5. The topological polar surface area (TPSA) is 72.5 Å². The van der Waals surface area contributed by atoms with E-state index in [0.29, 0.717) is 11.8 Å². The monoisotopic (exact) mass is 319 g/mol. The summed E-state index contributed by atoms with van der Waals surface area (Å²) in [4.78, 5) is 33.8. The highest BCUT2D eigenvalue weighted by atomic mass is 19.2. The fraction of sp³-hybridized carbons (Fsp3) is 0.0625. The van der Waals surface area contributed by atoms with Gasteiger partial charge in [0.1, 0.15) is 6.29 Å². The van der Waals surface area contributed by atoms with Crippen LogP contribution in [0, 0.1) is 11.6 Å². The number of halogens is 2. The van der Waals surface area contributed by atoms with E-state index in [1.54, 1.807) is 0 Å². The second-order valence-corrected chi connectivity index (χ2v) is 4.49. The summed E-state index contributed by atoms with van der Waals surface area (Å²) in [6.07, 6.45) is 0.629. The van der Waals surface area contributed by atoms with Crippen molar-refractivity contribution in [1.82, 2.24) is 0 Å². The van der Waals surface area contributed by atoms with Crippen molar-refractivity contribution in [3.8, 4) is 0 Å². The molecule has 0 aliphatic carbocycles. The number of nitrogens with one attached hydrogen (secondary N) is 1. The van der Waals surface area contributed by atoms with Crippen molar-refractivity contribution < 1.29 is 27.9 Å². The molecule has 0 heterocycles. The zero-order chi connectivity index (χ0) is 16.8. The summed E-state index contributed by atoms with van der Waals surface area (Å²) in [5.41, 5.74) is 0.620. The Hall–Kier alpha value is -3.09. The zero-order valence-electron chi connectivity index (χ0n) is 11.7. The van der Waals surface area contributed by atoms with Crippen LogP contribution in [-0.2, 0) is 9.53 Å². The van der Waals surface area contributed by atoms with E-state index in [4.69, 9.17) is 4.74 Å². The minimum atomic E-state index is -1.10. The van der Waals surface area contributed by atoms with Crippen molar-refractivity contribution >= 4 is 23.9 Å². The number of carbonyl (C=O) groups is 3. The first kappa shape index (κ1) is 16.3. The largest absolute Gasteiger partial charge is 0.452 e. The summed E-state index contributed by atoms with van der Waals surface area (Å²) in [7, 11) is 0. The molecule has 0 aliphatic rings. The van der Waals surface area contributed by atoms with Crippen molar-refractivity contribution in [2.24, 2.45) is 0 Å². The molecule has 2 aromatic carbocycles. The number of benzene rings is 2. The smallest absolute Gasteiger partial charge is 0.338 e. The number of hydrogen-bond donors (Lipinski definition) is 1. The van der Waals surface area contributed by atoms with Crippen LogP contribution >= 0.6 is 0 Å². The molecule has 2 rings (SSSR count). The number of aldehydes is 1. The molecule has 0 spiro atoms. The molecule has 0 unspecified atom stereocenters. The molecule has 0 fully saturated rings. The van der Waals surface area contributed by atoms with Gasteiger partial charge in [0.05, 0.1) is 5.56 Å². The van der Waals surface area contributed by atoms with E-state index >= 15 is 0 Å². The quantitative estimate of drug-likeness (QED) is 0.679. The molecule has 0 bridgehead atoms. The van der Waals surface area contributed by atoms with E-state index in [2.05, 4.69) is 5.32 Å². The fourth-order valence-corrected chi connectivity index (χ4v) is 1.68. The molecule has 1 N–H and O–H groups in total. The molecule has 2 aromatic rings. The van der Waals surface area contributed by atoms with Crippen molar-refractivity contribution in [3.05, 3.63) is 65.2 Å². The SMILES string of the molecule is O=Cc1ccc(C(=O)OCC(=O)Nc2ccc(F)c(F)c2)cc1. The van der Waals surface area contributed by atoms with Gasteiger partial charge in [-0.25, -0.2) is 13.6 Å². The summed E-state index contributed by atoms with van der Waals surface area (Å²) < 4.78 is 30.5. The van der Waals surface area contributed by atoms with Gasteiger partial charge in [-0.2, -0.15) is 0 Å². The van der Waals surface area contributed by atoms with Crippen LogP contribution in [0.15, 0.2) is 42.5 Å². The number of anilines is 1. The second-order valence-electron chi connectivity index (χ2n) is 4.49. The molecular formula is C16H11F2NO4. The predicted molar refractivity (Wildman–Crippen MR) is 77.1 cm³/mol. The van der Waals surface area contributed by atoms with Gasteiger partial charge in [0.15, 0.2) is 18.2 Å². The third-order valence-corrected chi connectivity index (χ3v) is 2.82. The first-order chi connectivity index (χ1) is 11.0. The molecule has 1 amide bonds. The molecule has 23 heavy (non-hydrogen) atoms. The van der Waals surface area contributed by atoms with Gasteiger partial charge >= 0.3 is 5.97 Å². The van der Waals surface area contributed by atoms with Crippen LogP contribution in [0.2, 0.25) is 0 Å². The minimum absolute atomic E-state index is 0.0419. The average Bonchev–Trinajstić information content (AvgIpc) is 2.56. The molecule has 0 atom stereocenters. The molecule has 0 aromatic heterocycles. The van der Waals surface area contributed by atoms with Crippen molar-refractivity contribution in [3.63, 3.8) is 0 Å². The number of carbonyl (C=O) groups excluding carboxylic acids is 3. The van der Waals surface area contributed by atoms with E-state index in [-0.39, 0.29) is 11.3 Å². The lowest BCUT2D eigenvalue weighted by Crippen LogP contribution is -2.21. The normalized spacial score (nSPS) is 10.0. The summed E-state index contributed by atoms with van der Waals surface area (Å²) in [5, 5.41) is 2.27.